The Bertz CT molecular complexity index is 1130. The predicted molar refractivity (Wildman–Crippen MR) is 122 cm³/mol. The number of fused-ring (bicyclic) bond motifs is 1. The van der Waals surface area contributed by atoms with E-state index in [1.807, 2.05) is 42.7 Å². The van der Waals surface area contributed by atoms with E-state index in [1.54, 1.807) is 12.1 Å². The standard InChI is InChI=1S/C25H28FN3O3/c1-3-29-21-10-9-20(28-23(30)13-17-5-7-19(26)8-6-17)14-18(21)15-22(29)24(31)27-16-25(2)11-4-12-32-25/h5-10,14-15H,3-4,11-13,16H2,1-2H3,(H,27,31)(H,28,30)/t25-/m0/s1. The molecular formula is C25H28FN3O3. The number of ether oxygens (including phenoxy) is 1. The highest BCUT2D eigenvalue weighted by Gasteiger charge is 2.30. The first-order valence-corrected chi connectivity index (χ1v) is 11.0. The first kappa shape index (κ1) is 22.0. The van der Waals surface area contributed by atoms with Crippen molar-refractivity contribution in [3.8, 4) is 0 Å². The number of nitrogens with one attached hydrogen (secondary N) is 2. The van der Waals surface area contributed by atoms with Crippen LogP contribution in [0.5, 0.6) is 0 Å². The fourth-order valence-corrected chi connectivity index (χ4v) is 4.20. The number of anilines is 1. The molecule has 1 aliphatic rings. The van der Waals surface area contributed by atoms with Crippen molar-refractivity contribution >= 4 is 28.4 Å². The van der Waals surface area contributed by atoms with Crippen molar-refractivity contribution < 1.29 is 18.7 Å². The highest BCUT2D eigenvalue weighted by atomic mass is 19.1. The summed E-state index contributed by atoms with van der Waals surface area (Å²) in [5.74, 6) is -0.653. The maximum Gasteiger partial charge on any atom is 0.268 e. The van der Waals surface area contributed by atoms with Crippen LogP contribution in [0.2, 0.25) is 0 Å². The molecule has 1 aromatic heterocycles. The Balaban J connectivity index is 1.48. The third-order valence-corrected chi connectivity index (χ3v) is 5.94. The molecule has 3 aromatic rings. The SMILES string of the molecule is CCn1c(C(=O)NC[C@]2(C)CCCO2)cc2cc(NC(=O)Cc3ccc(F)cc3)ccc21. The zero-order valence-electron chi connectivity index (χ0n) is 18.4. The zero-order chi connectivity index (χ0) is 22.7. The fraction of sp³-hybridized carbons (Fsp3) is 0.360. The number of aromatic nitrogens is 1. The Labute approximate surface area is 186 Å². The van der Waals surface area contributed by atoms with E-state index in [2.05, 4.69) is 10.6 Å². The van der Waals surface area contributed by atoms with Crippen LogP contribution in [0.25, 0.3) is 10.9 Å². The monoisotopic (exact) mass is 437 g/mol. The molecule has 1 atom stereocenters. The number of carbonyl (C=O) groups excluding carboxylic acids is 2. The van der Waals surface area contributed by atoms with Gasteiger partial charge in [-0.1, -0.05) is 12.1 Å². The summed E-state index contributed by atoms with van der Waals surface area (Å²) in [4.78, 5) is 25.3. The van der Waals surface area contributed by atoms with E-state index in [-0.39, 0.29) is 29.7 Å². The van der Waals surface area contributed by atoms with Gasteiger partial charge >= 0.3 is 0 Å². The summed E-state index contributed by atoms with van der Waals surface area (Å²) in [6.07, 6.45) is 2.10. The maximum atomic E-state index is 13.0. The van der Waals surface area contributed by atoms with Crippen LogP contribution in [-0.4, -0.2) is 35.1 Å². The van der Waals surface area contributed by atoms with Crippen LogP contribution >= 0.6 is 0 Å². The molecule has 0 aliphatic carbocycles. The molecule has 0 unspecified atom stereocenters. The summed E-state index contributed by atoms with van der Waals surface area (Å²) in [5, 5.41) is 6.77. The average Bonchev–Trinajstić information content (AvgIpc) is 3.37. The van der Waals surface area contributed by atoms with Crippen molar-refractivity contribution in [2.24, 2.45) is 0 Å². The molecule has 4 rings (SSSR count). The van der Waals surface area contributed by atoms with E-state index in [4.69, 9.17) is 4.74 Å². The number of aryl methyl sites for hydroxylation is 1. The summed E-state index contributed by atoms with van der Waals surface area (Å²) >= 11 is 0. The van der Waals surface area contributed by atoms with Crippen LogP contribution in [-0.2, 0) is 22.5 Å². The zero-order valence-corrected chi connectivity index (χ0v) is 18.4. The van der Waals surface area contributed by atoms with Crippen molar-refractivity contribution in [3.05, 3.63) is 65.6 Å². The largest absolute Gasteiger partial charge is 0.373 e. The van der Waals surface area contributed by atoms with Crippen LogP contribution in [0.15, 0.2) is 48.5 Å². The van der Waals surface area contributed by atoms with Crippen LogP contribution in [0, 0.1) is 5.82 Å². The quantitative estimate of drug-likeness (QED) is 0.580. The summed E-state index contributed by atoms with van der Waals surface area (Å²) in [7, 11) is 0. The molecule has 2 aromatic carbocycles. The summed E-state index contributed by atoms with van der Waals surface area (Å²) in [6, 6.07) is 13.3. The molecule has 1 saturated heterocycles. The lowest BCUT2D eigenvalue weighted by Gasteiger charge is -2.23. The molecule has 2 heterocycles. The fourth-order valence-electron chi connectivity index (χ4n) is 4.20. The van der Waals surface area contributed by atoms with Gasteiger partial charge in [-0.05, 0) is 68.7 Å². The van der Waals surface area contributed by atoms with Crippen LogP contribution < -0.4 is 10.6 Å². The number of halogens is 1. The van der Waals surface area contributed by atoms with Crippen molar-refractivity contribution in [1.29, 1.82) is 0 Å². The van der Waals surface area contributed by atoms with Crippen LogP contribution in [0.3, 0.4) is 0 Å². The van der Waals surface area contributed by atoms with E-state index < -0.39 is 0 Å². The van der Waals surface area contributed by atoms with Gasteiger partial charge in [-0.2, -0.15) is 0 Å². The smallest absolute Gasteiger partial charge is 0.268 e. The molecular weight excluding hydrogens is 409 g/mol. The third kappa shape index (κ3) is 4.83. The normalized spacial score (nSPS) is 18.1. The van der Waals surface area contributed by atoms with Gasteiger partial charge in [0.25, 0.3) is 5.91 Å². The number of carbonyl (C=O) groups is 2. The van der Waals surface area contributed by atoms with Crippen molar-refractivity contribution in [3.63, 3.8) is 0 Å². The minimum atomic E-state index is -0.329. The predicted octanol–water partition coefficient (Wildman–Crippen LogP) is 4.28. The van der Waals surface area contributed by atoms with Gasteiger partial charge < -0.3 is 19.9 Å². The first-order valence-electron chi connectivity index (χ1n) is 11.0. The number of hydrogen-bond donors (Lipinski definition) is 2. The minimum absolute atomic E-state index is 0.137. The van der Waals surface area contributed by atoms with Gasteiger partial charge in [0.15, 0.2) is 0 Å². The van der Waals surface area contributed by atoms with Gasteiger partial charge in [-0.15, -0.1) is 0 Å². The van der Waals surface area contributed by atoms with Gasteiger partial charge in [0.05, 0.1) is 12.0 Å². The van der Waals surface area contributed by atoms with Crippen molar-refractivity contribution in [1.82, 2.24) is 9.88 Å². The number of nitrogens with zero attached hydrogens (tertiary/aromatic N) is 1. The van der Waals surface area contributed by atoms with Gasteiger partial charge in [0, 0.05) is 36.3 Å². The molecule has 0 bridgehead atoms. The van der Waals surface area contributed by atoms with Gasteiger partial charge in [0.2, 0.25) is 5.91 Å². The molecule has 2 N–H and O–H groups in total. The molecule has 6 nitrogen and oxygen atoms in total. The van der Waals surface area contributed by atoms with E-state index in [0.29, 0.717) is 24.5 Å². The van der Waals surface area contributed by atoms with Gasteiger partial charge in [0.1, 0.15) is 11.5 Å². The number of rotatable bonds is 7. The van der Waals surface area contributed by atoms with Crippen LogP contribution in [0.1, 0.15) is 42.7 Å². The lowest BCUT2D eigenvalue weighted by molar-refractivity contribution is -0.115. The third-order valence-electron chi connectivity index (χ3n) is 5.94. The summed E-state index contributed by atoms with van der Waals surface area (Å²) < 4.78 is 20.8. The lowest BCUT2D eigenvalue weighted by Crippen LogP contribution is -2.40. The molecule has 0 spiro atoms. The molecule has 32 heavy (non-hydrogen) atoms. The Morgan fingerprint density at radius 1 is 1.16 bits per heavy atom. The van der Waals surface area contributed by atoms with Gasteiger partial charge in [-0.25, -0.2) is 4.39 Å². The second-order valence-corrected chi connectivity index (χ2v) is 8.48. The molecule has 0 radical (unpaired) electrons. The summed E-state index contributed by atoms with van der Waals surface area (Å²) in [6.45, 7) is 5.88. The van der Waals surface area contributed by atoms with Gasteiger partial charge in [-0.3, -0.25) is 9.59 Å². The molecule has 7 heteroatoms. The molecule has 0 saturated carbocycles. The Morgan fingerprint density at radius 2 is 1.94 bits per heavy atom. The van der Waals surface area contributed by atoms with Crippen molar-refractivity contribution in [2.45, 2.75) is 45.3 Å². The lowest BCUT2D eigenvalue weighted by atomic mass is 10.0. The molecule has 168 valence electrons. The highest BCUT2D eigenvalue weighted by Crippen LogP contribution is 2.26. The Kier molecular flexibility index (Phi) is 6.28. The second-order valence-electron chi connectivity index (χ2n) is 8.48. The average molecular weight is 438 g/mol. The molecule has 2 amide bonds. The maximum absolute atomic E-state index is 13.0. The Hall–Kier alpha value is -3.19. The van der Waals surface area contributed by atoms with E-state index in [0.717, 1.165) is 35.9 Å². The number of hydrogen-bond acceptors (Lipinski definition) is 3. The van der Waals surface area contributed by atoms with Crippen molar-refractivity contribution in [2.75, 3.05) is 18.5 Å². The first-order chi connectivity index (χ1) is 15.4. The highest BCUT2D eigenvalue weighted by molar-refractivity contribution is 6.00. The second kappa shape index (κ2) is 9.12. The number of amides is 2. The minimum Gasteiger partial charge on any atom is -0.373 e. The van der Waals surface area contributed by atoms with E-state index in [9.17, 15) is 14.0 Å². The summed E-state index contributed by atoms with van der Waals surface area (Å²) in [5.41, 5.74) is 2.59. The molecule has 1 aliphatic heterocycles. The van der Waals surface area contributed by atoms with E-state index >= 15 is 0 Å². The van der Waals surface area contributed by atoms with Crippen LogP contribution in [0.4, 0.5) is 10.1 Å². The topological polar surface area (TPSA) is 72.4 Å². The molecule has 1 fully saturated rings. The van der Waals surface area contributed by atoms with E-state index in [1.165, 1.54) is 12.1 Å². The Morgan fingerprint density at radius 3 is 2.62 bits per heavy atom. The number of benzene rings is 2.